The maximum absolute atomic E-state index is 12.4. The topological polar surface area (TPSA) is 160 Å². The van der Waals surface area contributed by atoms with E-state index in [0.29, 0.717) is 11.3 Å². The second kappa shape index (κ2) is 11.7. The summed E-state index contributed by atoms with van der Waals surface area (Å²) in [4.78, 5) is 47.1. The van der Waals surface area contributed by atoms with Gasteiger partial charge in [-0.25, -0.2) is 17.9 Å². The molecule has 0 saturated heterocycles. The van der Waals surface area contributed by atoms with E-state index in [4.69, 9.17) is 4.74 Å². The zero-order valence-electron chi connectivity index (χ0n) is 18.0. The number of benzene rings is 2. The largest absolute Gasteiger partial charge is 0.447 e. The molecule has 0 heterocycles. The van der Waals surface area contributed by atoms with Gasteiger partial charge < -0.3 is 15.4 Å². The monoisotopic (exact) mass is 476 g/mol. The van der Waals surface area contributed by atoms with Crippen LogP contribution in [0, 0.1) is 0 Å². The molecular weight excluding hydrogens is 452 g/mol. The molecule has 1 atom stereocenters. The van der Waals surface area contributed by atoms with Gasteiger partial charge in [0.05, 0.1) is 11.3 Å². The van der Waals surface area contributed by atoms with Crippen LogP contribution < -0.4 is 20.7 Å². The van der Waals surface area contributed by atoms with E-state index in [1.54, 1.807) is 30.3 Å². The molecule has 0 fully saturated rings. The fourth-order valence-corrected chi connectivity index (χ4v) is 3.65. The van der Waals surface area contributed by atoms with Gasteiger partial charge in [0.25, 0.3) is 5.91 Å². The molecule has 2 aromatic rings. The average Bonchev–Trinajstić information content (AvgIpc) is 2.77. The number of carbonyl (C=O) groups is 4. The first kappa shape index (κ1) is 25.5. The number of hydrogen-bond donors (Lipinski definition) is 4. The lowest BCUT2D eigenvalue weighted by atomic mass is 10.1. The molecule has 2 rings (SSSR count). The molecule has 2 aromatic carbocycles. The number of anilines is 1. The lowest BCUT2D eigenvalue weighted by Crippen LogP contribution is -2.41. The number of urea groups is 1. The zero-order chi connectivity index (χ0) is 24.4. The molecule has 0 aliphatic heterocycles. The van der Waals surface area contributed by atoms with Gasteiger partial charge >= 0.3 is 12.0 Å². The summed E-state index contributed by atoms with van der Waals surface area (Å²) in [7, 11) is -2.60. The molecule has 0 aromatic heterocycles. The van der Waals surface area contributed by atoms with Crippen molar-refractivity contribution in [2.45, 2.75) is 24.3 Å². The molecule has 0 aliphatic rings. The molecular formula is C21H24N4O7S. The second-order valence-corrected chi connectivity index (χ2v) is 8.47. The Balaban J connectivity index is 1.98. The summed E-state index contributed by atoms with van der Waals surface area (Å²) < 4.78 is 32.3. The van der Waals surface area contributed by atoms with Gasteiger partial charge in [0.1, 0.15) is 0 Å². The molecule has 12 heteroatoms. The SMILES string of the molecule is CNC(=O)NC(=O)C(OC(=O)CCNS(=O)(=O)c1ccc(NC(C)=O)cc1)c1ccccc1. The van der Waals surface area contributed by atoms with Crippen molar-refractivity contribution in [1.82, 2.24) is 15.4 Å². The van der Waals surface area contributed by atoms with Crippen molar-refractivity contribution in [2.24, 2.45) is 0 Å². The summed E-state index contributed by atoms with van der Waals surface area (Å²) in [6.07, 6.45) is -1.76. The molecule has 4 N–H and O–H groups in total. The highest BCUT2D eigenvalue weighted by Crippen LogP contribution is 2.18. The first-order valence-corrected chi connectivity index (χ1v) is 11.2. The van der Waals surface area contributed by atoms with Crippen LogP contribution in [0.15, 0.2) is 59.5 Å². The molecule has 0 saturated carbocycles. The number of sulfonamides is 1. The molecule has 1 unspecified atom stereocenters. The number of carbonyl (C=O) groups excluding carboxylic acids is 4. The average molecular weight is 477 g/mol. The smallest absolute Gasteiger partial charge is 0.321 e. The number of ether oxygens (including phenoxy) is 1. The van der Waals surface area contributed by atoms with E-state index < -0.39 is 34.0 Å². The standard InChI is InChI=1S/C21H24N4O7S/c1-14(26)24-16-8-10-17(11-9-16)33(30,31)23-13-12-18(27)32-19(15-6-4-3-5-7-15)20(28)25-21(29)22-2/h3-11,19,23H,12-13H2,1-2H3,(H,24,26)(H2,22,25,28,29). The maximum Gasteiger partial charge on any atom is 0.321 e. The minimum Gasteiger partial charge on any atom is -0.447 e. The van der Waals surface area contributed by atoms with Crippen molar-refractivity contribution in [1.29, 1.82) is 0 Å². The summed E-state index contributed by atoms with van der Waals surface area (Å²) in [6, 6.07) is 12.8. The van der Waals surface area contributed by atoms with E-state index in [1.165, 1.54) is 38.2 Å². The first-order chi connectivity index (χ1) is 15.6. The summed E-state index contributed by atoms with van der Waals surface area (Å²) >= 11 is 0. The minimum atomic E-state index is -3.92. The third-order valence-corrected chi connectivity index (χ3v) is 5.64. The fraction of sp³-hybridized carbons (Fsp3) is 0.238. The summed E-state index contributed by atoms with van der Waals surface area (Å²) in [6.45, 7) is 1.04. The van der Waals surface area contributed by atoms with Gasteiger partial charge in [-0.05, 0) is 24.3 Å². The molecule has 176 valence electrons. The van der Waals surface area contributed by atoms with E-state index in [0.717, 1.165) is 0 Å². The van der Waals surface area contributed by atoms with E-state index in [2.05, 4.69) is 15.4 Å². The normalized spacial score (nSPS) is 11.7. The summed E-state index contributed by atoms with van der Waals surface area (Å²) in [5, 5.41) is 6.80. The Morgan fingerprint density at radius 1 is 0.970 bits per heavy atom. The second-order valence-electron chi connectivity index (χ2n) is 6.70. The zero-order valence-corrected chi connectivity index (χ0v) is 18.8. The van der Waals surface area contributed by atoms with Crippen LogP contribution in [-0.2, 0) is 29.1 Å². The number of imide groups is 1. The van der Waals surface area contributed by atoms with Crippen molar-refractivity contribution in [3.63, 3.8) is 0 Å². The summed E-state index contributed by atoms with van der Waals surface area (Å²) in [5.74, 6) is -1.99. The van der Waals surface area contributed by atoms with E-state index in [-0.39, 0.29) is 23.8 Å². The fourth-order valence-electron chi connectivity index (χ4n) is 2.62. The Hall–Kier alpha value is -3.77. The van der Waals surface area contributed by atoms with Crippen LogP contribution in [0.4, 0.5) is 10.5 Å². The van der Waals surface area contributed by atoms with Crippen molar-refractivity contribution >= 4 is 39.5 Å². The predicted octanol–water partition coefficient (Wildman–Crippen LogP) is 1.05. The van der Waals surface area contributed by atoms with Gasteiger partial charge in [0.2, 0.25) is 22.0 Å². The third kappa shape index (κ3) is 8.01. The molecule has 0 spiro atoms. The van der Waals surface area contributed by atoms with Gasteiger partial charge in [0, 0.05) is 31.8 Å². The van der Waals surface area contributed by atoms with Gasteiger partial charge in [-0.15, -0.1) is 0 Å². The highest BCUT2D eigenvalue weighted by atomic mass is 32.2. The lowest BCUT2D eigenvalue weighted by molar-refractivity contribution is -0.156. The molecule has 0 bridgehead atoms. The number of esters is 1. The minimum absolute atomic E-state index is 0.0583. The van der Waals surface area contributed by atoms with Gasteiger partial charge in [0.15, 0.2) is 0 Å². The Morgan fingerprint density at radius 2 is 1.61 bits per heavy atom. The number of nitrogens with one attached hydrogen (secondary N) is 4. The quantitative estimate of drug-likeness (QED) is 0.394. The van der Waals surface area contributed by atoms with Crippen LogP contribution in [0.5, 0.6) is 0 Å². The van der Waals surface area contributed by atoms with Crippen molar-refractivity contribution in [3.05, 3.63) is 60.2 Å². The Labute approximate surface area is 190 Å². The number of hydrogen-bond acceptors (Lipinski definition) is 7. The maximum atomic E-state index is 12.4. The third-order valence-electron chi connectivity index (χ3n) is 4.16. The van der Waals surface area contributed by atoms with Crippen LogP contribution in [-0.4, -0.2) is 45.8 Å². The highest BCUT2D eigenvalue weighted by molar-refractivity contribution is 7.89. The Morgan fingerprint density at radius 3 is 2.18 bits per heavy atom. The molecule has 0 aliphatic carbocycles. The van der Waals surface area contributed by atoms with E-state index >= 15 is 0 Å². The number of amides is 4. The van der Waals surface area contributed by atoms with E-state index in [9.17, 15) is 27.6 Å². The lowest BCUT2D eigenvalue weighted by Gasteiger charge is -2.17. The molecule has 33 heavy (non-hydrogen) atoms. The van der Waals surface area contributed by atoms with Crippen LogP contribution in [0.2, 0.25) is 0 Å². The van der Waals surface area contributed by atoms with Gasteiger partial charge in [-0.3, -0.25) is 19.7 Å². The van der Waals surface area contributed by atoms with Gasteiger partial charge in [-0.1, -0.05) is 30.3 Å². The molecule has 11 nitrogen and oxygen atoms in total. The van der Waals surface area contributed by atoms with Crippen molar-refractivity contribution < 1.29 is 32.3 Å². The van der Waals surface area contributed by atoms with Crippen LogP contribution in [0.3, 0.4) is 0 Å². The van der Waals surface area contributed by atoms with Crippen LogP contribution in [0.1, 0.15) is 25.0 Å². The van der Waals surface area contributed by atoms with Crippen molar-refractivity contribution in [2.75, 3.05) is 18.9 Å². The van der Waals surface area contributed by atoms with Crippen LogP contribution >= 0.6 is 0 Å². The van der Waals surface area contributed by atoms with E-state index in [1.807, 2.05) is 5.32 Å². The number of rotatable bonds is 9. The van der Waals surface area contributed by atoms with Gasteiger partial charge in [-0.2, -0.15) is 0 Å². The first-order valence-electron chi connectivity index (χ1n) is 9.76. The summed E-state index contributed by atoms with van der Waals surface area (Å²) in [5.41, 5.74) is 0.777. The predicted molar refractivity (Wildman–Crippen MR) is 118 cm³/mol. The molecule has 0 radical (unpaired) electrons. The molecule has 4 amide bonds. The van der Waals surface area contributed by atoms with Crippen molar-refractivity contribution in [3.8, 4) is 0 Å². The highest BCUT2D eigenvalue weighted by Gasteiger charge is 2.26. The van der Waals surface area contributed by atoms with Crippen LogP contribution in [0.25, 0.3) is 0 Å². The Kier molecular flexibility index (Phi) is 9.07. The Bertz CT molecular complexity index is 1100.